The molecule has 2 amide bonds. The Morgan fingerprint density at radius 1 is 0.967 bits per heavy atom. The molecule has 0 bridgehead atoms. The van der Waals surface area contributed by atoms with Gasteiger partial charge in [0, 0.05) is 43.6 Å². The normalized spacial score (nSPS) is 14.3. The number of nitrogens with zero attached hydrogens (tertiary/aromatic N) is 2. The Hall–Kier alpha value is -3.20. The van der Waals surface area contributed by atoms with E-state index in [0.717, 1.165) is 49.7 Å². The number of anilines is 2. The van der Waals surface area contributed by atoms with Crippen molar-refractivity contribution in [3.05, 3.63) is 54.1 Å². The standard InChI is InChI=1S/C21H24F2N4O3/c1-30-17-5-3-16(4-6-17)27-10-8-26(9-11-27)14-21(29)24-13-20(28)25-15-2-7-18(22)19(23)12-15/h2-7,12H,8-11,13-14H2,1H3,(H,24,29)(H,25,28). The number of methoxy groups -OCH3 is 1. The van der Waals surface area contributed by atoms with Gasteiger partial charge in [-0.25, -0.2) is 8.78 Å². The van der Waals surface area contributed by atoms with Gasteiger partial charge in [0.25, 0.3) is 0 Å². The second kappa shape index (κ2) is 10.0. The van der Waals surface area contributed by atoms with E-state index >= 15 is 0 Å². The fourth-order valence-corrected chi connectivity index (χ4v) is 3.17. The maximum absolute atomic E-state index is 13.2. The van der Waals surface area contributed by atoms with Crippen LogP contribution in [0.25, 0.3) is 0 Å². The predicted octanol–water partition coefficient (Wildman–Crippen LogP) is 1.85. The fourth-order valence-electron chi connectivity index (χ4n) is 3.17. The van der Waals surface area contributed by atoms with E-state index in [1.165, 1.54) is 6.07 Å². The number of benzene rings is 2. The lowest BCUT2D eigenvalue weighted by atomic mass is 10.2. The number of nitrogens with one attached hydrogen (secondary N) is 2. The Balaban J connectivity index is 1.38. The lowest BCUT2D eigenvalue weighted by Crippen LogP contribution is -2.50. The zero-order chi connectivity index (χ0) is 21.5. The predicted molar refractivity (Wildman–Crippen MR) is 110 cm³/mol. The first-order chi connectivity index (χ1) is 14.4. The average molecular weight is 418 g/mol. The van der Waals surface area contributed by atoms with E-state index in [1.54, 1.807) is 7.11 Å². The Labute approximate surface area is 173 Å². The molecule has 2 aromatic rings. The van der Waals surface area contributed by atoms with Crippen LogP contribution in [0.1, 0.15) is 0 Å². The summed E-state index contributed by atoms with van der Waals surface area (Å²) in [4.78, 5) is 28.3. The lowest BCUT2D eigenvalue weighted by molar-refractivity contribution is -0.125. The van der Waals surface area contributed by atoms with Crippen LogP contribution in [-0.4, -0.2) is 63.1 Å². The number of piperazine rings is 1. The summed E-state index contributed by atoms with van der Waals surface area (Å²) in [6.45, 7) is 2.96. The van der Waals surface area contributed by atoms with Gasteiger partial charge in [0.05, 0.1) is 20.2 Å². The molecular formula is C21H24F2N4O3. The van der Waals surface area contributed by atoms with E-state index in [-0.39, 0.29) is 24.7 Å². The van der Waals surface area contributed by atoms with Crippen LogP contribution in [0.2, 0.25) is 0 Å². The molecule has 1 aliphatic heterocycles. The minimum Gasteiger partial charge on any atom is -0.497 e. The van der Waals surface area contributed by atoms with E-state index in [4.69, 9.17) is 4.74 Å². The van der Waals surface area contributed by atoms with E-state index in [0.29, 0.717) is 0 Å². The van der Waals surface area contributed by atoms with Gasteiger partial charge in [0.15, 0.2) is 11.6 Å². The molecule has 2 aromatic carbocycles. The van der Waals surface area contributed by atoms with E-state index in [2.05, 4.69) is 15.5 Å². The fraction of sp³-hybridized carbons (Fsp3) is 0.333. The van der Waals surface area contributed by atoms with Crippen molar-refractivity contribution in [1.82, 2.24) is 10.2 Å². The summed E-state index contributed by atoms with van der Waals surface area (Å²) < 4.78 is 31.2. The molecule has 9 heteroatoms. The van der Waals surface area contributed by atoms with Gasteiger partial charge in [0.2, 0.25) is 11.8 Å². The first kappa shape index (κ1) is 21.5. The third-order valence-corrected chi connectivity index (χ3v) is 4.83. The molecule has 160 valence electrons. The monoisotopic (exact) mass is 418 g/mol. The van der Waals surface area contributed by atoms with Gasteiger partial charge < -0.3 is 20.3 Å². The molecule has 1 fully saturated rings. The number of carbonyl (C=O) groups excluding carboxylic acids is 2. The van der Waals surface area contributed by atoms with E-state index in [1.807, 2.05) is 29.2 Å². The largest absolute Gasteiger partial charge is 0.497 e. The van der Waals surface area contributed by atoms with Crippen LogP contribution in [0.3, 0.4) is 0 Å². The summed E-state index contributed by atoms with van der Waals surface area (Å²) in [5, 5.41) is 4.96. The van der Waals surface area contributed by atoms with Crippen molar-refractivity contribution in [2.24, 2.45) is 0 Å². The second-order valence-corrected chi connectivity index (χ2v) is 6.92. The molecule has 1 heterocycles. The van der Waals surface area contributed by atoms with Gasteiger partial charge in [-0.3, -0.25) is 14.5 Å². The Morgan fingerprint density at radius 3 is 2.30 bits per heavy atom. The number of rotatable bonds is 7. The van der Waals surface area contributed by atoms with Crippen LogP contribution in [0, 0.1) is 11.6 Å². The van der Waals surface area contributed by atoms with Crippen molar-refractivity contribution in [2.45, 2.75) is 0 Å². The van der Waals surface area contributed by atoms with Gasteiger partial charge in [-0.05, 0) is 36.4 Å². The molecule has 0 aromatic heterocycles. The SMILES string of the molecule is COc1ccc(N2CCN(CC(=O)NCC(=O)Nc3ccc(F)c(F)c3)CC2)cc1. The molecule has 0 spiro atoms. The minimum absolute atomic E-state index is 0.128. The zero-order valence-electron chi connectivity index (χ0n) is 16.7. The number of hydrogen-bond donors (Lipinski definition) is 2. The number of ether oxygens (including phenoxy) is 1. The van der Waals surface area contributed by atoms with Gasteiger partial charge in [-0.1, -0.05) is 0 Å². The van der Waals surface area contributed by atoms with Crippen molar-refractivity contribution in [2.75, 3.05) is 56.6 Å². The third kappa shape index (κ3) is 5.90. The minimum atomic E-state index is -1.05. The van der Waals surface area contributed by atoms with Crippen molar-refractivity contribution in [3.8, 4) is 5.75 Å². The van der Waals surface area contributed by atoms with Crippen molar-refractivity contribution in [3.63, 3.8) is 0 Å². The maximum Gasteiger partial charge on any atom is 0.243 e. The zero-order valence-corrected chi connectivity index (χ0v) is 16.7. The maximum atomic E-state index is 13.2. The molecule has 0 aliphatic carbocycles. The van der Waals surface area contributed by atoms with Crippen LogP contribution in [-0.2, 0) is 9.59 Å². The molecule has 0 atom stereocenters. The summed E-state index contributed by atoms with van der Waals surface area (Å²) in [5.74, 6) is -2.02. The molecule has 0 unspecified atom stereocenters. The number of hydrogen-bond acceptors (Lipinski definition) is 5. The molecule has 2 N–H and O–H groups in total. The molecule has 0 saturated carbocycles. The Kier molecular flexibility index (Phi) is 7.18. The molecule has 1 aliphatic rings. The molecule has 1 saturated heterocycles. The molecular weight excluding hydrogens is 394 g/mol. The first-order valence-corrected chi connectivity index (χ1v) is 9.57. The summed E-state index contributed by atoms with van der Waals surface area (Å²) in [7, 11) is 1.63. The van der Waals surface area contributed by atoms with Gasteiger partial charge >= 0.3 is 0 Å². The summed E-state index contributed by atoms with van der Waals surface area (Å²) in [6, 6.07) is 10.9. The van der Waals surface area contributed by atoms with Crippen LogP contribution in [0.4, 0.5) is 20.2 Å². The quantitative estimate of drug-likeness (QED) is 0.718. The van der Waals surface area contributed by atoms with Crippen LogP contribution in [0.5, 0.6) is 5.75 Å². The highest BCUT2D eigenvalue weighted by atomic mass is 19.2. The molecule has 0 radical (unpaired) electrons. The Bertz CT molecular complexity index is 884. The van der Waals surface area contributed by atoms with Crippen molar-refractivity contribution in [1.29, 1.82) is 0 Å². The highest BCUT2D eigenvalue weighted by molar-refractivity contribution is 5.94. The third-order valence-electron chi connectivity index (χ3n) is 4.83. The smallest absolute Gasteiger partial charge is 0.243 e. The van der Waals surface area contributed by atoms with Crippen LogP contribution in [0.15, 0.2) is 42.5 Å². The number of halogens is 2. The number of amides is 2. The van der Waals surface area contributed by atoms with Gasteiger partial charge in [0.1, 0.15) is 5.75 Å². The van der Waals surface area contributed by atoms with Crippen molar-refractivity contribution >= 4 is 23.2 Å². The molecule has 30 heavy (non-hydrogen) atoms. The molecule has 7 nitrogen and oxygen atoms in total. The highest BCUT2D eigenvalue weighted by Crippen LogP contribution is 2.20. The summed E-state index contributed by atoms with van der Waals surface area (Å²) in [6.07, 6.45) is 0. The number of carbonyl (C=O) groups is 2. The summed E-state index contributed by atoms with van der Waals surface area (Å²) in [5.41, 5.74) is 1.23. The topological polar surface area (TPSA) is 73.9 Å². The van der Waals surface area contributed by atoms with Crippen LogP contribution < -0.4 is 20.3 Å². The molecule has 3 rings (SSSR count). The second-order valence-electron chi connectivity index (χ2n) is 6.92. The van der Waals surface area contributed by atoms with E-state index in [9.17, 15) is 18.4 Å². The highest BCUT2D eigenvalue weighted by Gasteiger charge is 2.19. The average Bonchev–Trinajstić information content (AvgIpc) is 2.75. The van der Waals surface area contributed by atoms with Gasteiger partial charge in [-0.2, -0.15) is 0 Å². The van der Waals surface area contributed by atoms with Crippen molar-refractivity contribution < 1.29 is 23.1 Å². The first-order valence-electron chi connectivity index (χ1n) is 9.57. The van der Waals surface area contributed by atoms with E-state index < -0.39 is 17.5 Å². The van der Waals surface area contributed by atoms with Crippen LogP contribution >= 0.6 is 0 Å². The Morgan fingerprint density at radius 2 is 1.67 bits per heavy atom. The van der Waals surface area contributed by atoms with Gasteiger partial charge in [-0.15, -0.1) is 0 Å². The summed E-state index contributed by atoms with van der Waals surface area (Å²) >= 11 is 0. The lowest BCUT2D eigenvalue weighted by Gasteiger charge is -2.35.